The van der Waals surface area contributed by atoms with Gasteiger partial charge in [-0.2, -0.15) is 0 Å². The molecule has 0 saturated heterocycles. The van der Waals surface area contributed by atoms with Crippen LogP contribution >= 0.6 is 11.6 Å². The summed E-state index contributed by atoms with van der Waals surface area (Å²) in [5.41, 5.74) is 6.72. The zero-order chi connectivity index (χ0) is 22.8. The van der Waals surface area contributed by atoms with E-state index in [-0.39, 0.29) is 17.0 Å². The third-order valence-corrected chi connectivity index (χ3v) is 4.58. The highest BCUT2D eigenvalue weighted by Gasteiger charge is 2.23. The second-order valence-electron chi connectivity index (χ2n) is 7.97. The number of nitrogens with one attached hydrogen (secondary N) is 1. The Morgan fingerprint density at radius 3 is 2.74 bits per heavy atom. The van der Waals surface area contributed by atoms with Crippen LogP contribution in [0, 0.1) is 0 Å². The van der Waals surface area contributed by atoms with Crippen LogP contribution in [0.1, 0.15) is 41.0 Å². The first-order chi connectivity index (χ1) is 14.6. The van der Waals surface area contributed by atoms with E-state index in [2.05, 4.69) is 25.6 Å². The van der Waals surface area contributed by atoms with Gasteiger partial charge >= 0.3 is 6.09 Å². The molecule has 3 rings (SSSR count). The molecular weight excluding hydrogens is 426 g/mol. The highest BCUT2D eigenvalue weighted by atomic mass is 35.5. The van der Waals surface area contributed by atoms with Gasteiger partial charge in [0.2, 0.25) is 0 Å². The number of amides is 1. The predicted molar refractivity (Wildman–Crippen MR) is 115 cm³/mol. The molecule has 0 fully saturated rings. The molecule has 3 heterocycles. The summed E-state index contributed by atoms with van der Waals surface area (Å²) in [6, 6.07) is -0.154. The third kappa shape index (κ3) is 5.16. The summed E-state index contributed by atoms with van der Waals surface area (Å²) in [6.07, 6.45) is 1.62. The van der Waals surface area contributed by atoms with Crippen LogP contribution in [-0.4, -0.2) is 49.2 Å². The monoisotopic (exact) mass is 451 g/mol. The van der Waals surface area contributed by atoms with Gasteiger partial charge in [0.1, 0.15) is 16.6 Å². The van der Waals surface area contributed by atoms with Crippen molar-refractivity contribution in [1.29, 1.82) is 0 Å². The maximum absolute atomic E-state index is 11.9. The standard InChI is InChI=1S/C19H26ClN7O4/c1-6-27-14-11(29-8-7-10(2)23-18(28)30-19(3,4)5)9-22-15(20)12(14)24-17(27)13-16(21)26-31-25-13/h9-10H,6-8H2,1-5H3,(H2,21,26)(H,23,28)/t10-/m0/s1. The maximum atomic E-state index is 11.9. The zero-order valence-corrected chi connectivity index (χ0v) is 18.9. The van der Waals surface area contributed by atoms with Gasteiger partial charge in [0.15, 0.2) is 28.2 Å². The molecule has 11 nitrogen and oxygen atoms in total. The van der Waals surface area contributed by atoms with E-state index >= 15 is 0 Å². The second kappa shape index (κ2) is 8.96. The summed E-state index contributed by atoms with van der Waals surface area (Å²) >= 11 is 6.27. The summed E-state index contributed by atoms with van der Waals surface area (Å²) in [4.78, 5) is 20.6. The van der Waals surface area contributed by atoms with Crippen molar-refractivity contribution in [2.75, 3.05) is 12.3 Å². The fourth-order valence-corrected chi connectivity index (χ4v) is 3.14. The van der Waals surface area contributed by atoms with Crippen molar-refractivity contribution >= 4 is 34.5 Å². The Kier molecular flexibility index (Phi) is 6.54. The lowest BCUT2D eigenvalue weighted by atomic mass is 10.2. The molecule has 0 aromatic carbocycles. The van der Waals surface area contributed by atoms with Crippen molar-refractivity contribution in [2.45, 2.75) is 59.2 Å². The van der Waals surface area contributed by atoms with E-state index in [1.165, 1.54) is 0 Å². The largest absolute Gasteiger partial charge is 0.490 e. The number of nitrogens with two attached hydrogens (primary N) is 1. The molecular formula is C19H26ClN7O4. The summed E-state index contributed by atoms with van der Waals surface area (Å²) in [7, 11) is 0. The quantitative estimate of drug-likeness (QED) is 0.516. The van der Waals surface area contributed by atoms with Crippen molar-refractivity contribution in [3.8, 4) is 17.3 Å². The summed E-state index contributed by atoms with van der Waals surface area (Å²) < 4.78 is 17.8. The van der Waals surface area contributed by atoms with Gasteiger partial charge in [0.05, 0.1) is 12.8 Å². The molecule has 12 heteroatoms. The Balaban J connectivity index is 1.77. The van der Waals surface area contributed by atoms with Crippen LogP contribution in [-0.2, 0) is 11.3 Å². The Morgan fingerprint density at radius 2 is 2.13 bits per heavy atom. The SMILES string of the molecule is CCn1c(-c2nonc2N)nc2c(Cl)ncc(OCC[C@H](C)NC(=O)OC(C)(C)C)c21. The number of imidazole rings is 1. The predicted octanol–water partition coefficient (Wildman–Crippen LogP) is 3.42. The molecule has 0 saturated carbocycles. The van der Waals surface area contributed by atoms with Gasteiger partial charge in [-0.25, -0.2) is 19.4 Å². The van der Waals surface area contributed by atoms with Gasteiger partial charge in [-0.05, 0) is 44.9 Å². The number of anilines is 1. The highest BCUT2D eigenvalue weighted by Crippen LogP contribution is 2.34. The van der Waals surface area contributed by atoms with E-state index < -0.39 is 11.7 Å². The lowest BCUT2D eigenvalue weighted by Crippen LogP contribution is -2.38. The fourth-order valence-electron chi connectivity index (χ4n) is 2.96. The zero-order valence-electron chi connectivity index (χ0n) is 18.1. The number of carbonyl (C=O) groups is 1. The molecule has 0 aliphatic heterocycles. The number of pyridine rings is 1. The number of hydrogen-bond acceptors (Lipinski definition) is 9. The first-order valence-electron chi connectivity index (χ1n) is 9.86. The lowest BCUT2D eigenvalue weighted by molar-refractivity contribution is 0.0503. The third-order valence-electron chi connectivity index (χ3n) is 4.31. The molecule has 3 aromatic rings. The minimum atomic E-state index is -0.556. The Bertz CT molecular complexity index is 1070. The van der Waals surface area contributed by atoms with E-state index in [1.807, 2.05) is 39.2 Å². The number of aryl methyl sites for hydroxylation is 1. The van der Waals surface area contributed by atoms with Crippen LogP contribution in [0.2, 0.25) is 5.15 Å². The molecule has 3 N–H and O–H groups in total. The number of fused-ring (bicyclic) bond motifs is 1. The molecule has 3 aromatic heterocycles. The molecule has 0 aliphatic carbocycles. The van der Waals surface area contributed by atoms with Crippen molar-refractivity contribution in [2.24, 2.45) is 0 Å². The number of rotatable bonds is 7. The van der Waals surface area contributed by atoms with Crippen LogP contribution in [0.25, 0.3) is 22.6 Å². The Labute approximate surface area is 184 Å². The topological polar surface area (TPSA) is 143 Å². The van der Waals surface area contributed by atoms with Crippen molar-refractivity contribution in [1.82, 2.24) is 30.2 Å². The normalized spacial score (nSPS) is 12.7. The second-order valence-corrected chi connectivity index (χ2v) is 8.33. The smallest absolute Gasteiger partial charge is 0.407 e. The molecule has 0 unspecified atom stereocenters. The van der Waals surface area contributed by atoms with Crippen molar-refractivity contribution < 1.29 is 18.9 Å². The van der Waals surface area contributed by atoms with Crippen molar-refractivity contribution in [3.63, 3.8) is 0 Å². The number of aromatic nitrogens is 5. The van der Waals surface area contributed by atoms with Crippen molar-refractivity contribution in [3.05, 3.63) is 11.3 Å². The van der Waals surface area contributed by atoms with Crippen LogP contribution < -0.4 is 15.8 Å². The van der Waals surface area contributed by atoms with Crippen LogP contribution in [0.15, 0.2) is 10.8 Å². The average Bonchev–Trinajstić information content (AvgIpc) is 3.25. The maximum Gasteiger partial charge on any atom is 0.407 e. The average molecular weight is 452 g/mol. The van der Waals surface area contributed by atoms with Crippen LogP contribution in [0.3, 0.4) is 0 Å². The number of ether oxygens (including phenoxy) is 2. The number of alkyl carbamates (subject to hydrolysis) is 1. The van der Waals surface area contributed by atoms with Gasteiger partial charge < -0.3 is 25.1 Å². The molecule has 31 heavy (non-hydrogen) atoms. The van der Waals surface area contributed by atoms with Gasteiger partial charge in [-0.3, -0.25) is 0 Å². The molecule has 168 valence electrons. The summed E-state index contributed by atoms with van der Waals surface area (Å²) in [5.74, 6) is 1.08. The van der Waals surface area contributed by atoms with Crippen LogP contribution in [0.5, 0.6) is 5.75 Å². The van der Waals surface area contributed by atoms with E-state index in [9.17, 15) is 4.79 Å². The van der Waals surface area contributed by atoms with E-state index in [0.29, 0.717) is 47.9 Å². The lowest BCUT2D eigenvalue weighted by Gasteiger charge is -2.22. The Hall–Kier alpha value is -3.08. The number of carbonyl (C=O) groups excluding carboxylic acids is 1. The van der Waals surface area contributed by atoms with Gasteiger partial charge in [0.25, 0.3) is 0 Å². The molecule has 1 atom stereocenters. The van der Waals surface area contributed by atoms with Gasteiger partial charge in [0, 0.05) is 19.0 Å². The number of nitrogens with zero attached hydrogens (tertiary/aromatic N) is 5. The van der Waals surface area contributed by atoms with E-state index in [0.717, 1.165) is 0 Å². The first kappa shape index (κ1) is 22.6. The summed E-state index contributed by atoms with van der Waals surface area (Å²) in [6.45, 7) is 10.1. The molecule has 0 spiro atoms. The molecule has 0 radical (unpaired) electrons. The minimum Gasteiger partial charge on any atom is -0.490 e. The minimum absolute atomic E-state index is 0.124. The van der Waals surface area contributed by atoms with Gasteiger partial charge in [-0.1, -0.05) is 11.6 Å². The first-order valence-corrected chi connectivity index (χ1v) is 10.2. The molecule has 0 bridgehead atoms. The summed E-state index contributed by atoms with van der Waals surface area (Å²) in [5, 5.41) is 10.5. The molecule has 0 aliphatic rings. The molecule has 1 amide bonds. The van der Waals surface area contributed by atoms with Crippen LogP contribution in [0.4, 0.5) is 10.6 Å². The highest BCUT2D eigenvalue weighted by molar-refractivity contribution is 6.34. The number of nitrogen functional groups attached to an aromatic ring is 1. The van der Waals surface area contributed by atoms with Gasteiger partial charge in [-0.15, -0.1) is 0 Å². The number of halogens is 1. The number of hydrogen-bond donors (Lipinski definition) is 2. The van der Waals surface area contributed by atoms with E-state index in [1.54, 1.807) is 6.20 Å². The Morgan fingerprint density at radius 1 is 1.39 bits per heavy atom. The van der Waals surface area contributed by atoms with E-state index in [4.69, 9.17) is 31.4 Å². The fraction of sp³-hybridized carbons (Fsp3) is 0.526.